The summed E-state index contributed by atoms with van der Waals surface area (Å²) < 4.78 is 5.90. The maximum atomic E-state index is 5.96. The summed E-state index contributed by atoms with van der Waals surface area (Å²) in [4.78, 5) is 12.8. The molecule has 0 bridgehead atoms. The lowest BCUT2D eigenvalue weighted by atomic mass is 10.3. The van der Waals surface area contributed by atoms with E-state index in [0.29, 0.717) is 16.5 Å². The van der Waals surface area contributed by atoms with E-state index in [4.69, 9.17) is 27.9 Å². The number of anilines is 1. The highest BCUT2D eigenvalue weighted by molar-refractivity contribution is 6.30. The van der Waals surface area contributed by atoms with E-state index in [0.717, 1.165) is 32.0 Å². The predicted octanol–water partition coefficient (Wildman–Crippen LogP) is 3.33. The van der Waals surface area contributed by atoms with E-state index in [1.807, 2.05) is 12.1 Å². The van der Waals surface area contributed by atoms with Crippen LogP contribution in [0, 0.1) is 0 Å². The number of nitrogens with zero attached hydrogens (tertiary/aromatic N) is 4. The molecule has 1 aliphatic heterocycles. The molecule has 0 N–H and O–H groups in total. The zero-order valence-electron chi connectivity index (χ0n) is 12.2. The lowest BCUT2D eigenvalue weighted by molar-refractivity contribution is 0.310. The molecule has 1 saturated heterocycles. The van der Waals surface area contributed by atoms with Gasteiger partial charge in [-0.2, -0.15) is 4.98 Å². The summed E-state index contributed by atoms with van der Waals surface area (Å²) in [5.74, 6) is 2.00. The number of hydrogen-bond donors (Lipinski definition) is 0. The standard InChI is InChI=1S/C15H16Cl2N4O/c1-20-6-8-21(9-7-20)14-13(10-18-15(17)19-14)22-12-4-2-11(16)3-5-12/h2-5,10H,6-9H2,1H3. The van der Waals surface area contributed by atoms with Crippen LogP contribution in [0.15, 0.2) is 30.5 Å². The maximum absolute atomic E-state index is 5.96. The molecule has 0 radical (unpaired) electrons. The summed E-state index contributed by atoms with van der Waals surface area (Å²) >= 11 is 11.8. The first-order valence-electron chi connectivity index (χ1n) is 7.01. The highest BCUT2D eigenvalue weighted by atomic mass is 35.5. The Labute approximate surface area is 139 Å². The van der Waals surface area contributed by atoms with E-state index in [-0.39, 0.29) is 5.28 Å². The number of piperazine rings is 1. The van der Waals surface area contributed by atoms with Gasteiger partial charge in [0.25, 0.3) is 0 Å². The number of rotatable bonds is 3. The Hall–Kier alpha value is -1.56. The average molecular weight is 339 g/mol. The van der Waals surface area contributed by atoms with Gasteiger partial charge in [0.1, 0.15) is 5.75 Å². The molecule has 0 spiro atoms. The molecule has 2 heterocycles. The minimum Gasteiger partial charge on any atom is -0.452 e. The summed E-state index contributed by atoms with van der Waals surface area (Å²) in [5.41, 5.74) is 0. The number of aromatic nitrogens is 2. The van der Waals surface area contributed by atoms with E-state index in [2.05, 4.69) is 26.8 Å². The van der Waals surface area contributed by atoms with E-state index in [1.54, 1.807) is 18.3 Å². The molecule has 1 aromatic carbocycles. The molecule has 116 valence electrons. The lowest BCUT2D eigenvalue weighted by Crippen LogP contribution is -2.45. The molecule has 3 rings (SSSR count). The van der Waals surface area contributed by atoms with Crippen LogP contribution in [0.1, 0.15) is 0 Å². The lowest BCUT2D eigenvalue weighted by Gasteiger charge is -2.33. The molecule has 22 heavy (non-hydrogen) atoms. The summed E-state index contributed by atoms with van der Waals surface area (Å²) in [6, 6.07) is 7.18. The van der Waals surface area contributed by atoms with Crippen LogP contribution < -0.4 is 9.64 Å². The third kappa shape index (κ3) is 3.61. The van der Waals surface area contributed by atoms with Gasteiger partial charge in [-0.3, -0.25) is 0 Å². The van der Waals surface area contributed by atoms with Crippen molar-refractivity contribution in [3.63, 3.8) is 0 Å². The van der Waals surface area contributed by atoms with Crippen molar-refractivity contribution in [3.05, 3.63) is 40.8 Å². The fourth-order valence-corrected chi connectivity index (χ4v) is 2.54. The molecule has 0 saturated carbocycles. The minimum absolute atomic E-state index is 0.220. The zero-order chi connectivity index (χ0) is 15.5. The van der Waals surface area contributed by atoms with Crippen molar-refractivity contribution in [2.75, 3.05) is 38.1 Å². The Kier molecular flexibility index (Phi) is 4.66. The second kappa shape index (κ2) is 6.69. The molecule has 5 nitrogen and oxygen atoms in total. The zero-order valence-corrected chi connectivity index (χ0v) is 13.7. The van der Waals surface area contributed by atoms with Gasteiger partial charge in [-0.25, -0.2) is 4.98 Å². The fourth-order valence-electron chi connectivity index (χ4n) is 2.29. The highest BCUT2D eigenvalue weighted by Crippen LogP contribution is 2.31. The van der Waals surface area contributed by atoms with Crippen LogP contribution in [-0.4, -0.2) is 48.1 Å². The molecular weight excluding hydrogens is 323 g/mol. The van der Waals surface area contributed by atoms with Gasteiger partial charge in [-0.1, -0.05) is 11.6 Å². The number of likely N-dealkylation sites (N-methyl/N-ethyl adjacent to an activating group) is 1. The van der Waals surface area contributed by atoms with Crippen LogP contribution in [0.2, 0.25) is 10.3 Å². The fraction of sp³-hybridized carbons (Fsp3) is 0.333. The normalized spacial score (nSPS) is 15.9. The molecule has 2 aromatic rings. The smallest absolute Gasteiger partial charge is 0.224 e. The molecule has 7 heteroatoms. The topological polar surface area (TPSA) is 41.5 Å². The van der Waals surface area contributed by atoms with Crippen molar-refractivity contribution in [2.24, 2.45) is 0 Å². The second-order valence-electron chi connectivity index (χ2n) is 5.17. The SMILES string of the molecule is CN1CCN(c2nc(Cl)ncc2Oc2ccc(Cl)cc2)CC1. The first-order chi connectivity index (χ1) is 10.6. The van der Waals surface area contributed by atoms with Gasteiger partial charge in [-0.15, -0.1) is 0 Å². The molecule has 0 unspecified atom stereocenters. The van der Waals surface area contributed by atoms with Crippen LogP contribution in [0.4, 0.5) is 5.82 Å². The quantitative estimate of drug-likeness (QED) is 0.803. The molecule has 1 aromatic heterocycles. The molecule has 0 atom stereocenters. The van der Waals surface area contributed by atoms with Gasteiger partial charge in [0.2, 0.25) is 5.28 Å². The van der Waals surface area contributed by atoms with Gasteiger partial charge >= 0.3 is 0 Å². The van der Waals surface area contributed by atoms with Crippen molar-refractivity contribution in [1.29, 1.82) is 0 Å². The summed E-state index contributed by atoms with van der Waals surface area (Å²) in [7, 11) is 2.11. The van der Waals surface area contributed by atoms with Crippen molar-refractivity contribution >= 4 is 29.0 Å². The van der Waals surface area contributed by atoms with Crippen molar-refractivity contribution < 1.29 is 4.74 Å². The second-order valence-corrected chi connectivity index (χ2v) is 5.95. The Morgan fingerprint density at radius 3 is 2.41 bits per heavy atom. The number of benzene rings is 1. The van der Waals surface area contributed by atoms with Crippen LogP contribution in [0.5, 0.6) is 11.5 Å². The maximum Gasteiger partial charge on any atom is 0.224 e. The van der Waals surface area contributed by atoms with Gasteiger partial charge < -0.3 is 14.5 Å². The Morgan fingerprint density at radius 1 is 1.05 bits per heavy atom. The van der Waals surface area contributed by atoms with Crippen LogP contribution in [0.25, 0.3) is 0 Å². The van der Waals surface area contributed by atoms with Crippen molar-refractivity contribution in [1.82, 2.24) is 14.9 Å². The number of ether oxygens (including phenoxy) is 1. The van der Waals surface area contributed by atoms with Gasteiger partial charge in [0.15, 0.2) is 11.6 Å². The molecule has 0 aliphatic carbocycles. The summed E-state index contributed by atoms with van der Waals surface area (Å²) in [6.07, 6.45) is 1.61. The largest absolute Gasteiger partial charge is 0.452 e. The monoisotopic (exact) mass is 338 g/mol. The van der Waals surface area contributed by atoms with Gasteiger partial charge in [0.05, 0.1) is 6.20 Å². The molecule has 1 aliphatic rings. The van der Waals surface area contributed by atoms with Gasteiger partial charge in [0, 0.05) is 31.2 Å². The van der Waals surface area contributed by atoms with E-state index < -0.39 is 0 Å². The predicted molar refractivity (Wildman–Crippen MR) is 88.3 cm³/mol. The number of hydrogen-bond acceptors (Lipinski definition) is 5. The van der Waals surface area contributed by atoms with E-state index in [1.165, 1.54) is 0 Å². The first-order valence-corrected chi connectivity index (χ1v) is 7.77. The average Bonchev–Trinajstić information content (AvgIpc) is 2.52. The van der Waals surface area contributed by atoms with Gasteiger partial charge in [-0.05, 0) is 42.9 Å². The Bertz CT molecular complexity index is 642. The van der Waals surface area contributed by atoms with Crippen LogP contribution in [0.3, 0.4) is 0 Å². The molecular formula is C15H16Cl2N4O. The minimum atomic E-state index is 0.220. The highest BCUT2D eigenvalue weighted by Gasteiger charge is 2.20. The number of halogens is 2. The summed E-state index contributed by atoms with van der Waals surface area (Å²) in [5, 5.41) is 0.886. The molecule has 1 fully saturated rings. The van der Waals surface area contributed by atoms with E-state index in [9.17, 15) is 0 Å². The van der Waals surface area contributed by atoms with E-state index >= 15 is 0 Å². The van der Waals surface area contributed by atoms with Crippen molar-refractivity contribution in [2.45, 2.75) is 0 Å². The van der Waals surface area contributed by atoms with Crippen LogP contribution >= 0.6 is 23.2 Å². The third-order valence-electron chi connectivity index (χ3n) is 3.55. The Balaban J connectivity index is 1.85. The summed E-state index contributed by atoms with van der Waals surface area (Å²) in [6.45, 7) is 3.70. The van der Waals surface area contributed by atoms with Crippen molar-refractivity contribution in [3.8, 4) is 11.5 Å². The third-order valence-corrected chi connectivity index (χ3v) is 3.99. The molecule has 0 amide bonds. The Morgan fingerprint density at radius 2 is 1.73 bits per heavy atom. The van der Waals surface area contributed by atoms with Crippen LogP contribution in [-0.2, 0) is 0 Å². The first kappa shape index (κ1) is 15.3.